The highest BCUT2D eigenvalue weighted by Crippen LogP contribution is 2.28. The van der Waals surface area contributed by atoms with Gasteiger partial charge in [-0.15, -0.1) is 0 Å². The lowest BCUT2D eigenvalue weighted by atomic mass is 9.82. The van der Waals surface area contributed by atoms with Crippen molar-refractivity contribution < 1.29 is 5.11 Å². The first kappa shape index (κ1) is 11.2. The Hall–Kier alpha value is -0.860. The predicted octanol–water partition coefficient (Wildman–Crippen LogP) is 2.09. The Morgan fingerprint density at radius 3 is 2.07 bits per heavy atom. The second kappa shape index (κ2) is 4.11. The van der Waals surface area contributed by atoms with Gasteiger partial charge in [-0.1, -0.05) is 51.1 Å². The van der Waals surface area contributed by atoms with Crippen LogP contribution in [0.4, 0.5) is 0 Å². The molecule has 0 aliphatic rings. The summed E-state index contributed by atoms with van der Waals surface area (Å²) in [6, 6.07) is 9.39. The fourth-order valence-electron chi connectivity index (χ4n) is 1.40. The smallest absolute Gasteiger partial charge is 0.0780 e. The summed E-state index contributed by atoms with van der Waals surface area (Å²) in [5, 5.41) is 9.98. The molecule has 1 aromatic rings. The molecule has 0 saturated carbocycles. The van der Waals surface area contributed by atoms with Gasteiger partial charge in [0, 0.05) is 0 Å². The van der Waals surface area contributed by atoms with Crippen LogP contribution in [0, 0.1) is 5.41 Å². The van der Waals surface area contributed by atoms with Crippen molar-refractivity contribution in [3.8, 4) is 0 Å². The van der Waals surface area contributed by atoms with Gasteiger partial charge in [-0.3, -0.25) is 0 Å². The van der Waals surface area contributed by atoms with E-state index < -0.39 is 6.10 Å². The molecule has 0 unspecified atom stereocenters. The topological polar surface area (TPSA) is 46.2 Å². The summed E-state index contributed by atoms with van der Waals surface area (Å²) < 4.78 is 0. The average Bonchev–Trinajstić information content (AvgIpc) is 2.15. The van der Waals surface area contributed by atoms with Crippen molar-refractivity contribution in [3.05, 3.63) is 35.9 Å². The standard InChI is InChI=1S/C12H19NO/c1-12(2,3)11(14)10(13)9-7-5-4-6-8-9/h4-8,10-11,14H,13H2,1-3H3/t10-,11+/m1/s1. The third-order valence-corrected chi connectivity index (χ3v) is 2.41. The molecular formula is C12H19NO. The lowest BCUT2D eigenvalue weighted by Crippen LogP contribution is -2.36. The third kappa shape index (κ3) is 2.56. The van der Waals surface area contributed by atoms with Gasteiger partial charge in [-0.25, -0.2) is 0 Å². The maximum atomic E-state index is 9.98. The molecule has 0 saturated heterocycles. The first-order chi connectivity index (χ1) is 6.43. The third-order valence-electron chi connectivity index (χ3n) is 2.41. The maximum Gasteiger partial charge on any atom is 0.0780 e. The van der Waals surface area contributed by atoms with Gasteiger partial charge in [0.25, 0.3) is 0 Å². The van der Waals surface area contributed by atoms with E-state index in [0.717, 1.165) is 5.56 Å². The summed E-state index contributed by atoms with van der Waals surface area (Å²) in [6.45, 7) is 5.96. The largest absolute Gasteiger partial charge is 0.391 e. The van der Waals surface area contributed by atoms with Crippen molar-refractivity contribution in [1.29, 1.82) is 0 Å². The number of aliphatic hydroxyl groups excluding tert-OH is 1. The molecule has 0 spiro atoms. The average molecular weight is 193 g/mol. The predicted molar refractivity (Wildman–Crippen MR) is 58.8 cm³/mol. The van der Waals surface area contributed by atoms with E-state index in [9.17, 15) is 5.11 Å². The van der Waals surface area contributed by atoms with Gasteiger partial charge in [-0.2, -0.15) is 0 Å². The first-order valence-electron chi connectivity index (χ1n) is 4.91. The van der Waals surface area contributed by atoms with E-state index in [4.69, 9.17) is 5.73 Å². The van der Waals surface area contributed by atoms with Crippen molar-refractivity contribution in [2.75, 3.05) is 0 Å². The summed E-state index contributed by atoms with van der Waals surface area (Å²) in [7, 11) is 0. The van der Waals surface area contributed by atoms with Crippen LogP contribution in [0.15, 0.2) is 30.3 Å². The zero-order valence-corrected chi connectivity index (χ0v) is 9.07. The SMILES string of the molecule is CC(C)(C)[C@@H](O)[C@H](N)c1ccccc1. The van der Waals surface area contributed by atoms with E-state index in [1.807, 2.05) is 51.1 Å². The van der Waals surface area contributed by atoms with Crippen LogP contribution in [0.2, 0.25) is 0 Å². The van der Waals surface area contributed by atoms with Crippen molar-refractivity contribution in [3.63, 3.8) is 0 Å². The molecule has 1 aromatic carbocycles. The number of hydrogen-bond acceptors (Lipinski definition) is 2. The monoisotopic (exact) mass is 193 g/mol. The molecule has 0 fully saturated rings. The number of benzene rings is 1. The molecule has 78 valence electrons. The van der Waals surface area contributed by atoms with Gasteiger partial charge in [0.05, 0.1) is 12.1 Å². The summed E-state index contributed by atoms with van der Waals surface area (Å²) >= 11 is 0. The van der Waals surface area contributed by atoms with Crippen LogP contribution < -0.4 is 5.73 Å². The molecule has 0 aliphatic carbocycles. The van der Waals surface area contributed by atoms with Crippen LogP contribution in [0.3, 0.4) is 0 Å². The lowest BCUT2D eigenvalue weighted by Gasteiger charge is -2.30. The highest BCUT2D eigenvalue weighted by molar-refractivity contribution is 5.20. The van der Waals surface area contributed by atoms with Crippen molar-refractivity contribution in [1.82, 2.24) is 0 Å². The van der Waals surface area contributed by atoms with Crippen molar-refractivity contribution in [2.45, 2.75) is 32.9 Å². The Morgan fingerprint density at radius 2 is 1.64 bits per heavy atom. The van der Waals surface area contributed by atoms with Crippen LogP contribution in [-0.4, -0.2) is 11.2 Å². The van der Waals surface area contributed by atoms with Gasteiger partial charge in [0.2, 0.25) is 0 Å². The quantitative estimate of drug-likeness (QED) is 0.755. The first-order valence-corrected chi connectivity index (χ1v) is 4.91. The lowest BCUT2D eigenvalue weighted by molar-refractivity contribution is 0.0401. The van der Waals surface area contributed by atoms with Crippen molar-refractivity contribution in [2.24, 2.45) is 11.1 Å². The molecule has 0 amide bonds. The summed E-state index contributed by atoms with van der Waals surface area (Å²) in [6.07, 6.45) is -0.523. The van der Waals surface area contributed by atoms with E-state index in [0.29, 0.717) is 0 Å². The molecule has 0 radical (unpaired) electrons. The van der Waals surface area contributed by atoms with Gasteiger partial charge in [-0.05, 0) is 11.0 Å². The Bertz CT molecular complexity index is 276. The summed E-state index contributed by atoms with van der Waals surface area (Å²) in [4.78, 5) is 0. The van der Waals surface area contributed by atoms with Gasteiger partial charge >= 0.3 is 0 Å². The second-order valence-corrected chi connectivity index (χ2v) is 4.75. The number of aliphatic hydroxyl groups is 1. The van der Waals surface area contributed by atoms with E-state index >= 15 is 0 Å². The molecule has 0 heterocycles. The second-order valence-electron chi connectivity index (χ2n) is 4.75. The van der Waals surface area contributed by atoms with E-state index in [-0.39, 0.29) is 11.5 Å². The molecule has 2 nitrogen and oxygen atoms in total. The van der Waals surface area contributed by atoms with Crippen LogP contribution in [-0.2, 0) is 0 Å². The highest BCUT2D eigenvalue weighted by atomic mass is 16.3. The Morgan fingerprint density at radius 1 is 1.14 bits per heavy atom. The van der Waals surface area contributed by atoms with E-state index in [2.05, 4.69) is 0 Å². The van der Waals surface area contributed by atoms with Crippen LogP contribution in [0.1, 0.15) is 32.4 Å². The summed E-state index contributed by atoms with van der Waals surface area (Å²) in [5.41, 5.74) is 6.77. The molecule has 14 heavy (non-hydrogen) atoms. The molecule has 0 aliphatic heterocycles. The maximum absolute atomic E-state index is 9.98. The minimum absolute atomic E-state index is 0.185. The van der Waals surface area contributed by atoms with Gasteiger partial charge < -0.3 is 10.8 Å². The molecular weight excluding hydrogens is 174 g/mol. The fraction of sp³-hybridized carbons (Fsp3) is 0.500. The van der Waals surface area contributed by atoms with Crippen LogP contribution >= 0.6 is 0 Å². The Labute approximate surface area is 85.8 Å². The van der Waals surface area contributed by atoms with E-state index in [1.165, 1.54) is 0 Å². The minimum atomic E-state index is -0.523. The van der Waals surface area contributed by atoms with Gasteiger partial charge in [0.15, 0.2) is 0 Å². The van der Waals surface area contributed by atoms with Crippen LogP contribution in [0.5, 0.6) is 0 Å². The molecule has 1 rings (SSSR count). The number of nitrogens with two attached hydrogens (primary N) is 1. The normalized spacial score (nSPS) is 16.4. The highest BCUT2D eigenvalue weighted by Gasteiger charge is 2.28. The molecule has 3 N–H and O–H groups in total. The molecule has 2 heteroatoms. The minimum Gasteiger partial charge on any atom is -0.391 e. The zero-order valence-electron chi connectivity index (χ0n) is 9.07. The molecule has 0 aromatic heterocycles. The van der Waals surface area contributed by atoms with Crippen molar-refractivity contribution >= 4 is 0 Å². The Balaban J connectivity index is 2.81. The number of rotatable bonds is 2. The molecule has 0 bridgehead atoms. The molecule has 2 atom stereocenters. The number of hydrogen-bond donors (Lipinski definition) is 2. The van der Waals surface area contributed by atoms with E-state index in [1.54, 1.807) is 0 Å². The zero-order chi connectivity index (χ0) is 10.8. The van der Waals surface area contributed by atoms with Gasteiger partial charge in [0.1, 0.15) is 0 Å². The fourth-order valence-corrected chi connectivity index (χ4v) is 1.40. The van der Waals surface area contributed by atoms with Crippen LogP contribution in [0.25, 0.3) is 0 Å². The summed E-state index contributed by atoms with van der Waals surface area (Å²) in [5.74, 6) is 0. The Kier molecular flexibility index (Phi) is 3.29.